The summed E-state index contributed by atoms with van der Waals surface area (Å²) < 4.78 is 6.45. The molecule has 2 aliphatic rings. The number of nitrogens with one attached hydrogen (secondary N) is 1. The van der Waals surface area contributed by atoms with E-state index in [9.17, 15) is 5.11 Å². The molecule has 10 heteroatoms. The fourth-order valence-corrected chi connectivity index (χ4v) is 5.90. The Kier molecular flexibility index (Phi) is 5.45. The Morgan fingerprint density at radius 2 is 1.92 bits per heavy atom. The molecule has 186 valence electrons. The number of piperidine rings is 1. The highest BCUT2D eigenvalue weighted by atomic mass is 32.1. The van der Waals surface area contributed by atoms with Gasteiger partial charge in [-0.3, -0.25) is 0 Å². The number of nitrogens with zero attached hydrogens (tertiary/aromatic N) is 5. The highest BCUT2D eigenvalue weighted by Crippen LogP contribution is 2.43. The Bertz CT molecular complexity index is 1470. The number of aromatic hydroxyl groups is 1. The summed E-state index contributed by atoms with van der Waals surface area (Å²) >= 11 is 1.51. The summed E-state index contributed by atoms with van der Waals surface area (Å²) in [4.78, 5) is 11.7. The lowest BCUT2D eigenvalue weighted by molar-refractivity contribution is 0.163. The first-order valence-electron chi connectivity index (χ1n) is 12.2. The Balaban J connectivity index is 1.52. The van der Waals surface area contributed by atoms with E-state index in [1.54, 1.807) is 12.3 Å². The number of aryl methyl sites for hydroxylation is 2. The van der Waals surface area contributed by atoms with Crippen LogP contribution in [0.5, 0.6) is 17.4 Å². The molecule has 0 saturated carbocycles. The average molecular weight is 504 g/mol. The van der Waals surface area contributed by atoms with E-state index >= 15 is 0 Å². The molecule has 2 fully saturated rings. The number of hydrogen-bond acceptors (Lipinski definition) is 10. The predicted octanol–water partition coefficient (Wildman–Crippen LogP) is 4.49. The van der Waals surface area contributed by atoms with E-state index < -0.39 is 0 Å². The smallest absolute Gasteiger partial charge is 0.232 e. The molecular weight excluding hydrogens is 474 g/mol. The van der Waals surface area contributed by atoms with Gasteiger partial charge >= 0.3 is 0 Å². The number of hydrogen-bond donors (Lipinski definition) is 3. The molecule has 6 rings (SSSR count). The van der Waals surface area contributed by atoms with Crippen LogP contribution < -0.4 is 20.7 Å². The van der Waals surface area contributed by atoms with Crippen molar-refractivity contribution < 1.29 is 9.84 Å². The van der Waals surface area contributed by atoms with Crippen LogP contribution in [-0.2, 0) is 0 Å². The van der Waals surface area contributed by atoms with E-state index in [2.05, 4.69) is 31.5 Å². The molecule has 5 heterocycles. The first-order chi connectivity index (χ1) is 17.3. The van der Waals surface area contributed by atoms with Gasteiger partial charge in [0.05, 0.1) is 5.39 Å². The van der Waals surface area contributed by atoms with Gasteiger partial charge in [0.2, 0.25) is 5.88 Å². The van der Waals surface area contributed by atoms with Crippen molar-refractivity contribution in [1.29, 1.82) is 0 Å². The van der Waals surface area contributed by atoms with Crippen LogP contribution >= 0.6 is 11.3 Å². The van der Waals surface area contributed by atoms with E-state index in [0.717, 1.165) is 64.8 Å². The van der Waals surface area contributed by atoms with Crippen LogP contribution in [0.25, 0.3) is 21.3 Å². The van der Waals surface area contributed by atoms with Crippen LogP contribution in [0.15, 0.2) is 24.4 Å². The lowest BCUT2D eigenvalue weighted by atomic mass is 9.79. The SMILES string of the molecule is Cc1nnc(-c2cnc(N)c3c(Oc4c(C)ccc(O)c4C)nc(N4CCC5(CCN5)CC4)cc23)s1. The quantitative estimate of drug-likeness (QED) is 0.370. The minimum Gasteiger partial charge on any atom is -0.508 e. The minimum atomic E-state index is 0.168. The molecule has 36 heavy (non-hydrogen) atoms. The van der Waals surface area contributed by atoms with Gasteiger partial charge in [0.1, 0.15) is 33.1 Å². The van der Waals surface area contributed by atoms with Gasteiger partial charge in [0.25, 0.3) is 0 Å². The number of rotatable bonds is 4. The summed E-state index contributed by atoms with van der Waals surface area (Å²) in [6.07, 6.45) is 5.14. The Morgan fingerprint density at radius 3 is 2.58 bits per heavy atom. The first kappa shape index (κ1) is 22.9. The predicted molar refractivity (Wildman–Crippen MR) is 142 cm³/mol. The van der Waals surface area contributed by atoms with Gasteiger partial charge in [0.15, 0.2) is 0 Å². The molecule has 3 aromatic heterocycles. The van der Waals surface area contributed by atoms with Crippen molar-refractivity contribution in [3.8, 4) is 28.0 Å². The van der Waals surface area contributed by atoms with Crippen molar-refractivity contribution in [2.45, 2.75) is 45.6 Å². The van der Waals surface area contributed by atoms with Gasteiger partial charge in [-0.2, -0.15) is 4.98 Å². The number of phenolic OH excluding ortho intramolecular Hbond substituents is 1. The van der Waals surface area contributed by atoms with Crippen molar-refractivity contribution in [3.05, 3.63) is 40.5 Å². The molecule has 4 N–H and O–H groups in total. The molecule has 0 unspecified atom stereocenters. The zero-order valence-electron chi connectivity index (χ0n) is 20.6. The van der Waals surface area contributed by atoms with Crippen LogP contribution in [0.1, 0.15) is 35.4 Å². The third-order valence-corrected chi connectivity index (χ3v) is 8.40. The van der Waals surface area contributed by atoms with Crippen molar-refractivity contribution in [2.75, 3.05) is 30.3 Å². The highest BCUT2D eigenvalue weighted by molar-refractivity contribution is 7.14. The number of anilines is 2. The van der Waals surface area contributed by atoms with Crippen LogP contribution in [0.2, 0.25) is 0 Å². The number of ether oxygens (including phenoxy) is 1. The molecular formula is C26H29N7O2S. The van der Waals surface area contributed by atoms with Crippen molar-refractivity contribution in [2.24, 2.45) is 0 Å². The third-order valence-electron chi connectivity index (χ3n) is 7.53. The number of nitrogen functional groups attached to an aromatic ring is 1. The molecule has 4 aromatic rings. The molecule has 0 atom stereocenters. The summed E-state index contributed by atoms with van der Waals surface area (Å²) in [7, 11) is 0. The maximum atomic E-state index is 10.3. The lowest BCUT2D eigenvalue weighted by Gasteiger charge is -2.49. The number of fused-ring (bicyclic) bond motifs is 1. The van der Waals surface area contributed by atoms with Gasteiger partial charge in [0, 0.05) is 41.3 Å². The van der Waals surface area contributed by atoms with Crippen LogP contribution in [0.4, 0.5) is 11.6 Å². The largest absolute Gasteiger partial charge is 0.508 e. The summed E-state index contributed by atoms with van der Waals surface area (Å²) in [6.45, 7) is 8.62. The Morgan fingerprint density at radius 1 is 1.14 bits per heavy atom. The van der Waals surface area contributed by atoms with E-state index in [-0.39, 0.29) is 11.3 Å². The molecule has 9 nitrogen and oxygen atoms in total. The zero-order valence-corrected chi connectivity index (χ0v) is 21.4. The maximum absolute atomic E-state index is 10.3. The van der Waals surface area contributed by atoms with Crippen molar-refractivity contribution in [3.63, 3.8) is 0 Å². The van der Waals surface area contributed by atoms with Crippen LogP contribution in [0, 0.1) is 20.8 Å². The number of benzene rings is 1. The normalized spacial score (nSPS) is 16.9. The van der Waals surface area contributed by atoms with Crippen molar-refractivity contribution >= 4 is 33.7 Å². The van der Waals surface area contributed by atoms with Crippen LogP contribution in [-0.4, -0.2) is 50.4 Å². The highest BCUT2D eigenvalue weighted by Gasteiger charge is 2.39. The molecule has 0 radical (unpaired) electrons. The fourth-order valence-electron chi connectivity index (χ4n) is 5.19. The van der Waals surface area contributed by atoms with E-state index in [1.807, 2.05) is 26.8 Å². The number of nitrogens with two attached hydrogens (primary N) is 1. The van der Waals surface area contributed by atoms with Crippen LogP contribution in [0.3, 0.4) is 0 Å². The minimum absolute atomic E-state index is 0.168. The zero-order chi connectivity index (χ0) is 25.0. The number of aromatic nitrogens is 4. The average Bonchev–Trinajstić information content (AvgIpc) is 3.29. The molecule has 0 bridgehead atoms. The van der Waals surface area contributed by atoms with E-state index in [0.29, 0.717) is 28.4 Å². The number of phenols is 1. The van der Waals surface area contributed by atoms with Gasteiger partial charge in [-0.1, -0.05) is 17.4 Å². The van der Waals surface area contributed by atoms with E-state index in [4.69, 9.17) is 15.5 Å². The van der Waals surface area contributed by atoms with E-state index in [1.165, 1.54) is 17.8 Å². The second-order valence-electron chi connectivity index (χ2n) is 9.79. The monoisotopic (exact) mass is 503 g/mol. The molecule has 1 spiro atoms. The van der Waals surface area contributed by atoms with Gasteiger partial charge in [-0.15, -0.1) is 10.2 Å². The van der Waals surface area contributed by atoms with Gasteiger partial charge < -0.3 is 25.8 Å². The maximum Gasteiger partial charge on any atom is 0.232 e. The van der Waals surface area contributed by atoms with Crippen molar-refractivity contribution in [1.82, 2.24) is 25.5 Å². The number of pyridine rings is 2. The summed E-state index contributed by atoms with van der Waals surface area (Å²) in [6, 6.07) is 5.57. The summed E-state index contributed by atoms with van der Waals surface area (Å²) in [5.74, 6) is 2.26. The lowest BCUT2D eigenvalue weighted by Crippen LogP contribution is -2.62. The standard InChI is InChI=1S/C26H29N7O2S/c1-14-4-5-19(34)15(2)22(14)35-24-21-17(18(13-28-23(21)27)25-32-31-16(3)36-25)12-20(30-24)33-10-7-26(8-11-33)6-9-29-26/h4-5,12-13,29,34H,6-11H2,1-3H3,(H2,27,28). The third kappa shape index (κ3) is 3.81. The topological polar surface area (TPSA) is 122 Å². The molecule has 2 aliphatic heterocycles. The molecule has 1 aromatic carbocycles. The molecule has 0 amide bonds. The molecule has 0 aliphatic carbocycles. The van der Waals surface area contributed by atoms with Gasteiger partial charge in [-0.25, -0.2) is 4.98 Å². The van der Waals surface area contributed by atoms with Gasteiger partial charge in [-0.05, 0) is 64.3 Å². The fraction of sp³-hybridized carbons (Fsp3) is 0.385. The Hall–Kier alpha value is -3.50. The summed E-state index contributed by atoms with van der Waals surface area (Å²) in [5, 5.41) is 25.7. The second kappa shape index (κ2) is 8.56. The first-order valence-corrected chi connectivity index (χ1v) is 13.0. The summed E-state index contributed by atoms with van der Waals surface area (Å²) in [5.41, 5.74) is 9.09. The second-order valence-corrected chi connectivity index (χ2v) is 11.0. The molecule has 2 saturated heterocycles. The Labute approximate surface area is 213 Å².